The molecule has 160 valence electrons. The molecule has 2 atom stereocenters. The number of allylic oxidation sites excluding steroid dienone is 1. The van der Waals surface area contributed by atoms with Gasteiger partial charge in [-0.05, 0) is 17.5 Å². The third-order valence-corrected chi connectivity index (χ3v) is 4.55. The van der Waals surface area contributed by atoms with Crippen molar-refractivity contribution in [3.63, 3.8) is 0 Å². The number of amides is 1. The van der Waals surface area contributed by atoms with E-state index in [-0.39, 0.29) is 13.2 Å². The monoisotopic (exact) mass is 411 g/mol. The predicted octanol–water partition coefficient (Wildman–Crippen LogP) is 4.22. The average molecular weight is 411 g/mol. The average Bonchev–Trinajstić information content (AvgIpc) is 2.77. The van der Waals surface area contributed by atoms with Gasteiger partial charge in [0.1, 0.15) is 6.61 Å². The van der Waals surface area contributed by atoms with Crippen molar-refractivity contribution >= 4 is 12.4 Å². The number of hydroxylamine groups is 2. The lowest BCUT2D eigenvalue weighted by Gasteiger charge is -2.30. The van der Waals surface area contributed by atoms with E-state index in [0.29, 0.717) is 13.0 Å². The highest BCUT2D eigenvalue weighted by atomic mass is 16.7. The highest BCUT2D eigenvalue weighted by Gasteiger charge is 2.32. The molecule has 0 heterocycles. The fraction of sp³-hybridized carbons (Fsp3) is 0.333. The normalized spacial score (nSPS) is 13.1. The van der Waals surface area contributed by atoms with E-state index in [2.05, 4.69) is 0 Å². The van der Waals surface area contributed by atoms with Crippen molar-refractivity contribution in [2.75, 3.05) is 6.61 Å². The van der Waals surface area contributed by atoms with Crippen molar-refractivity contribution < 1.29 is 24.3 Å². The summed E-state index contributed by atoms with van der Waals surface area (Å²) in [6.07, 6.45) is 5.62. The molecule has 0 fully saturated rings. The lowest BCUT2D eigenvalue weighted by molar-refractivity contribution is -0.206. The Morgan fingerprint density at radius 2 is 1.63 bits per heavy atom. The summed E-state index contributed by atoms with van der Waals surface area (Å²) in [5.41, 5.74) is 1.84. The molecule has 0 saturated carbocycles. The van der Waals surface area contributed by atoms with Gasteiger partial charge in [-0.3, -0.25) is 14.4 Å². The molecule has 2 rings (SSSR count). The van der Waals surface area contributed by atoms with Crippen LogP contribution in [0.4, 0.5) is 0 Å². The summed E-state index contributed by atoms with van der Waals surface area (Å²) in [6.45, 7) is 2.50. The van der Waals surface area contributed by atoms with E-state index in [1.165, 1.54) is 0 Å². The third kappa shape index (κ3) is 7.81. The summed E-state index contributed by atoms with van der Waals surface area (Å²) in [7, 11) is 0. The number of carbonyl (C=O) groups is 2. The second kappa shape index (κ2) is 13.3. The Kier molecular flexibility index (Phi) is 10.3. The Labute approximate surface area is 177 Å². The van der Waals surface area contributed by atoms with Crippen LogP contribution in [0, 0.1) is 5.92 Å². The van der Waals surface area contributed by atoms with Gasteiger partial charge in [-0.25, -0.2) is 5.06 Å². The van der Waals surface area contributed by atoms with Crippen molar-refractivity contribution in [3.8, 4) is 0 Å². The standard InChI is InChI=1S/C24H29NO5/c1-2-3-6-15-22(24(27)28)23(18-29-16-20-11-7-4-8-12-20)25(19-26)30-17-21-13-9-5-10-14-21/h4-15,19,22-23H,2-3,16-18H2,1H3,(H,27,28)/b15-6+/t22-,23-/m1/s1. The Balaban J connectivity index is 2.13. The number of aliphatic carboxylic acids is 1. The number of hydrogen-bond acceptors (Lipinski definition) is 4. The number of rotatable bonds is 14. The fourth-order valence-electron chi connectivity index (χ4n) is 2.92. The highest BCUT2D eigenvalue weighted by Crippen LogP contribution is 2.17. The van der Waals surface area contributed by atoms with E-state index in [1.54, 1.807) is 6.08 Å². The Hall–Kier alpha value is -2.96. The maximum absolute atomic E-state index is 12.0. The largest absolute Gasteiger partial charge is 0.481 e. The Morgan fingerprint density at radius 3 is 2.17 bits per heavy atom. The van der Waals surface area contributed by atoms with Gasteiger partial charge in [0.05, 0.1) is 25.2 Å². The topological polar surface area (TPSA) is 76.1 Å². The van der Waals surface area contributed by atoms with E-state index in [4.69, 9.17) is 9.57 Å². The van der Waals surface area contributed by atoms with Crippen molar-refractivity contribution in [2.45, 2.75) is 39.0 Å². The molecular weight excluding hydrogens is 382 g/mol. The summed E-state index contributed by atoms with van der Waals surface area (Å²) in [5.74, 6) is -1.99. The van der Waals surface area contributed by atoms with Crippen LogP contribution in [0.1, 0.15) is 30.9 Å². The molecule has 0 aromatic heterocycles. The van der Waals surface area contributed by atoms with Crippen LogP contribution in [0.25, 0.3) is 0 Å². The van der Waals surface area contributed by atoms with Gasteiger partial charge in [-0.1, -0.05) is 86.2 Å². The maximum Gasteiger partial charge on any atom is 0.312 e. The van der Waals surface area contributed by atoms with Crippen LogP contribution < -0.4 is 0 Å². The van der Waals surface area contributed by atoms with Gasteiger partial charge in [-0.15, -0.1) is 0 Å². The summed E-state index contributed by atoms with van der Waals surface area (Å²) in [6, 6.07) is 18.2. The molecule has 0 radical (unpaired) electrons. The number of benzene rings is 2. The van der Waals surface area contributed by atoms with Crippen molar-refractivity contribution in [2.24, 2.45) is 5.92 Å². The number of unbranched alkanes of at least 4 members (excludes halogenated alkanes) is 1. The lowest BCUT2D eigenvalue weighted by atomic mass is 9.99. The number of carbonyl (C=O) groups excluding carboxylic acids is 1. The van der Waals surface area contributed by atoms with E-state index in [0.717, 1.165) is 29.0 Å². The zero-order chi connectivity index (χ0) is 21.6. The van der Waals surface area contributed by atoms with Gasteiger partial charge in [0.2, 0.25) is 6.41 Å². The second-order valence-corrected chi connectivity index (χ2v) is 6.87. The van der Waals surface area contributed by atoms with Crippen molar-refractivity contribution in [3.05, 3.63) is 83.9 Å². The number of hydrogen-bond donors (Lipinski definition) is 1. The van der Waals surface area contributed by atoms with Crippen LogP contribution >= 0.6 is 0 Å². The summed E-state index contributed by atoms with van der Waals surface area (Å²) in [4.78, 5) is 29.4. The second-order valence-electron chi connectivity index (χ2n) is 6.87. The van der Waals surface area contributed by atoms with Crippen LogP contribution in [0.3, 0.4) is 0 Å². The van der Waals surface area contributed by atoms with Gasteiger partial charge in [0.25, 0.3) is 0 Å². The molecule has 0 aliphatic heterocycles. The summed E-state index contributed by atoms with van der Waals surface area (Å²) in [5, 5.41) is 10.8. The molecule has 0 aliphatic carbocycles. The summed E-state index contributed by atoms with van der Waals surface area (Å²) >= 11 is 0. The first-order valence-corrected chi connectivity index (χ1v) is 10.1. The first-order chi connectivity index (χ1) is 14.7. The zero-order valence-corrected chi connectivity index (χ0v) is 17.2. The predicted molar refractivity (Wildman–Crippen MR) is 114 cm³/mol. The van der Waals surface area contributed by atoms with Gasteiger partial charge in [0, 0.05) is 0 Å². The molecular formula is C24H29NO5. The van der Waals surface area contributed by atoms with E-state index in [1.807, 2.05) is 73.7 Å². The smallest absolute Gasteiger partial charge is 0.312 e. The SMILES string of the molecule is CCC/C=C/[C@@H](C(=O)O)[C@@H](COCc1ccccc1)N(C=O)OCc1ccccc1. The van der Waals surface area contributed by atoms with Crippen LogP contribution in [0.5, 0.6) is 0 Å². The van der Waals surface area contributed by atoms with Crippen LogP contribution in [-0.2, 0) is 32.4 Å². The molecule has 6 nitrogen and oxygen atoms in total. The first-order valence-electron chi connectivity index (χ1n) is 10.1. The number of ether oxygens (including phenoxy) is 1. The molecule has 1 N–H and O–H groups in total. The van der Waals surface area contributed by atoms with Gasteiger partial charge in [0.15, 0.2) is 0 Å². The Bertz CT molecular complexity index is 779. The van der Waals surface area contributed by atoms with Crippen molar-refractivity contribution in [1.29, 1.82) is 0 Å². The number of carboxylic acid groups (broad SMARTS) is 1. The van der Waals surface area contributed by atoms with Crippen molar-refractivity contribution in [1.82, 2.24) is 5.06 Å². The van der Waals surface area contributed by atoms with Crippen LogP contribution in [0.2, 0.25) is 0 Å². The number of carboxylic acids is 1. The van der Waals surface area contributed by atoms with Gasteiger partial charge >= 0.3 is 5.97 Å². The molecule has 2 aromatic carbocycles. The third-order valence-electron chi connectivity index (χ3n) is 4.55. The Morgan fingerprint density at radius 1 is 1.03 bits per heavy atom. The quantitative estimate of drug-likeness (QED) is 0.286. The fourth-order valence-corrected chi connectivity index (χ4v) is 2.92. The van der Waals surface area contributed by atoms with Crippen LogP contribution in [0.15, 0.2) is 72.8 Å². The van der Waals surface area contributed by atoms with Gasteiger partial charge < -0.3 is 9.84 Å². The van der Waals surface area contributed by atoms with E-state index in [9.17, 15) is 14.7 Å². The molecule has 30 heavy (non-hydrogen) atoms. The molecule has 6 heteroatoms. The first kappa shape index (κ1) is 23.3. The molecule has 0 aliphatic rings. The number of nitrogens with zero attached hydrogens (tertiary/aromatic N) is 1. The minimum Gasteiger partial charge on any atom is -0.481 e. The molecule has 0 bridgehead atoms. The highest BCUT2D eigenvalue weighted by molar-refractivity contribution is 5.73. The maximum atomic E-state index is 12.0. The van der Waals surface area contributed by atoms with Gasteiger partial charge in [-0.2, -0.15) is 0 Å². The molecule has 1 amide bonds. The molecule has 2 aromatic rings. The van der Waals surface area contributed by atoms with Crippen LogP contribution in [-0.4, -0.2) is 35.2 Å². The molecule has 0 unspecified atom stereocenters. The zero-order valence-electron chi connectivity index (χ0n) is 17.2. The summed E-state index contributed by atoms with van der Waals surface area (Å²) < 4.78 is 5.78. The lowest BCUT2D eigenvalue weighted by Crippen LogP contribution is -2.45. The molecule has 0 saturated heterocycles. The molecule has 0 spiro atoms. The van der Waals surface area contributed by atoms with E-state index < -0.39 is 17.9 Å². The minimum atomic E-state index is -1.04. The van der Waals surface area contributed by atoms with E-state index >= 15 is 0 Å². The minimum absolute atomic E-state index is 0.0237.